The van der Waals surface area contributed by atoms with Crippen molar-refractivity contribution in [1.82, 2.24) is 4.90 Å². The van der Waals surface area contributed by atoms with E-state index in [4.69, 9.17) is 0 Å². The van der Waals surface area contributed by atoms with Crippen LogP contribution in [0.1, 0.15) is 46.5 Å². The monoisotopic (exact) mass is 155 g/mol. The highest BCUT2D eigenvalue weighted by Crippen LogP contribution is 2.23. The molecular formula is C10H21N. The van der Waals surface area contributed by atoms with Crippen LogP contribution in [0.25, 0.3) is 0 Å². The predicted octanol–water partition coefficient (Wildman–Crippen LogP) is 2.66. The lowest BCUT2D eigenvalue weighted by Gasteiger charge is -2.29. The van der Waals surface area contributed by atoms with Gasteiger partial charge >= 0.3 is 0 Å². The van der Waals surface area contributed by atoms with Crippen LogP contribution in [0.5, 0.6) is 0 Å². The van der Waals surface area contributed by atoms with Gasteiger partial charge in [0.25, 0.3) is 0 Å². The van der Waals surface area contributed by atoms with Gasteiger partial charge in [-0.05, 0) is 39.2 Å². The average Bonchev–Trinajstić information content (AvgIpc) is 2.50. The van der Waals surface area contributed by atoms with Crippen LogP contribution >= 0.6 is 0 Å². The largest absolute Gasteiger partial charge is 0.298 e. The molecule has 1 rings (SSSR count). The molecule has 0 radical (unpaired) electrons. The number of rotatable bonds is 3. The molecule has 0 bridgehead atoms. The maximum Gasteiger partial charge on any atom is 0.00959 e. The van der Waals surface area contributed by atoms with Crippen molar-refractivity contribution in [2.24, 2.45) is 0 Å². The lowest BCUT2D eigenvalue weighted by atomic mass is 10.1. The zero-order chi connectivity index (χ0) is 8.27. The molecule has 0 aromatic heterocycles. The Bertz CT molecular complexity index is 111. The van der Waals surface area contributed by atoms with Crippen LogP contribution in [0.2, 0.25) is 0 Å². The average molecular weight is 155 g/mol. The van der Waals surface area contributed by atoms with Gasteiger partial charge in [0.1, 0.15) is 0 Å². The number of likely N-dealkylation sites (tertiary alicyclic amines) is 1. The van der Waals surface area contributed by atoms with Crippen molar-refractivity contribution in [3.8, 4) is 0 Å². The van der Waals surface area contributed by atoms with Crippen molar-refractivity contribution in [2.75, 3.05) is 6.54 Å². The van der Waals surface area contributed by atoms with Crippen molar-refractivity contribution in [3.05, 3.63) is 0 Å². The SMILES string of the molecule is CCC(C)N1CCCC1CC. The zero-order valence-electron chi connectivity index (χ0n) is 8.14. The van der Waals surface area contributed by atoms with Crippen molar-refractivity contribution in [3.63, 3.8) is 0 Å². The summed E-state index contributed by atoms with van der Waals surface area (Å²) in [4.78, 5) is 2.68. The van der Waals surface area contributed by atoms with Crippen LogP contribution in [0.15, 0.2) is 0 Å². The van der Waals surface area contributed by atoms with Gasteiger partial charge in [-0.15, -0.1) is 0 Å². The molecule has 1 fully saturated rings. The molecule has 1 heterocycles. The molecule has 1 heteroatoms. The maximum absolute atomic E-state index is 2.68. The lowest BCUT2D eigenvalue weighted by molar-refractivity contribution is 0.183. The fraction of sp³-hybridized carbons (Fsp3) is 1.00. The van der Waals surface area contributed by atoms with Gasteiger partial charge in [-0.1, -0.05) is 13.8 Å². The number of hydrogen-bond acceptors (Lipinski definition) is 1. The van der Waals surface area contributed by atoms with Crippen molar-refractivity contribution < 1.29 is 0 Å². The van der Waals surface area contributed by atoms with Gasteiger partial charge in [-0.2, -0.15) is 0 Å². The van der Waals surface area contributed by atoms with E-state index in [9.17, 15) is 0 Å². The van der Waals surface area contributed by atoms with Crippen molar-refractivity contribution in [2.45, 2.75) is 58.5 Å². The molecule has 0 N–H and O–H groups in total. The first-order chi connectivity index (χ1) is 5.29. The highest BCUT2D eigenvalue weighted by molar-refractivity contribution is 4.81. The van der Waals surface area contributed by atoms with Crippen LogP contribution < -0.4 is 0 Å². The number of hydrogen-bond donors (Lipinski definition) is 0. The van der Waals surface area contributed by atoms with Gasteiger partial charge in [0.15, 0.2) is 0 Å². The minimum absolute atomic E-state index is 0.808. The summed E-state index contributed by atoms with van der Waals surface area (Å²) in [6.07, 6.45) is 5.49. The van der Waals surface area contributed by atoms with E-state index >= 15 is 0 Å². The molecule has 0 aliphatic carbocycles. The summed E-state index contributed by atoms with van der Waals surface area (Å²) in [5.74, 6) is 0. The molecule has 0 aromatic carbocycles. The van der Waals surface area contributed by atoms with Gasteiger partial charge < -0.3 is 0 Å². The second kappa shape index (κ2) is 4.10. The van der Waals surface area contributed by atoms with E-state index in [1.807, 2.05) is 0 Å². The first kappa shape index (κ1) is 9.05. The molecular weight excluding hydrogens is 134 g/mol. The Labute approximate surface area is 70.8 Å². The Morgan fingerprint density at radius 2 is 2.18 bits per heavy atom. The van der Waals surface area contributed by atoms with Gasteiger partial charge in [-0.3, -0.25) is 4.90 Å². The van der Waals surface area contributed by atoms with Crippen LogP contribution in [0.4, 0.5) is 0 Å². The van der Waals surface area contributed by atoms with E-state index in [-0.39, 0.29) is 0 Å². The van der Waals surface area contributed by atoms with Gasteiger partial charge in [0.2, 0.25) is 0 Å². The van der Waals surface area contributed by atoms with E-state index in [0.717, 1.165) is 12.1 Å². The Morgan fingerprint density at radius 3 is 2.73 bits per heavy atom. The molecule has 0 spiro atoms. The summed E-state index contributed by atoms with van der Waals surface area (Å²) >= 11 is 0. The van der Waals surface area contributed by atoms with Crippen LogP contribution in [0, 0.1) is 0 Å². The first-order valence-corrected chi connectivity index (χ1v) is 5.05. The lowest BCUT2D eigenvalue weighted by Crippen LogP contribution is -2.36. The quantitative estimate of drug-likeness (QED) is 0.605. The molecule has 1 aliphatic rings. The van der Waals surface area contributed by atoms with E-state index in [0.29, 0.717) is 0 Å². The van der Waals surface area contributed by atoms with Gasteiger partial charge in [0.05, 0.1) is 0 Å². The second-order valence-electron chi connectivity index (χ2n) is 3.70. The topological polar surface area (TPSA) is 3.24 Å². The molecule has 0 amide bonds. The standard InChI is InChI=1S/C10H21N/c1-4-9(3)11-8-6-7-10(11)5-2/h9-10H,4-8H2,1-3H3. The van der Waals surface area contributed by atoms with E-state index in [2.05, 4.69) is 25.7 Å². The third-order valence-corrected chi connectivity index (χ3v) is 3.05. The summed E-state index contributed by atoms with van der Waals surface area (Å²) in [7, 11) is 0. The Morgan fingerprint density at radius 1 is 1.45 bits per heavy atom. The molecule has 66 valence electrons. The highest BCUT2D eigenvalue weighted by atomic mass is 15.2. The summed E-state index contributed by atoms with van der Waals surface area (Å²) in [6.45, 7) is 8.29. The van der Waals surface area contributed by atoms with E-state index in [1.54, 1.807) is 0 Å². The second-order valence-corrected chi connectivity index (χ2v) is 3.70. The molecule has 11 heavy (non-hydrogen) atoms. The summed E-state index contributed by atoms with van der Waals surface area (Å²) in [5.41, 5.74) is 0. The molecule has 1 saturated heterocycles. The predicted molar refractivity (Wildman–Crippen MR) is 49.8 cm³/mol. The molecule has 2 unspecified atom stereocenters. The van der Waals surface area contributed by atoms with Crippen LogP contribution in [-0.2, 0) is 0 Å². The normalized spacial score (nSPS) is 29.2. The van der Waals surface area contributed by atoms with E-state index < -0.39 is 0 Å². The smallest absolute Gasteiger partial charge is 0.00959 e. The van der Waals surface area contributed by atoms with Gasteiger partial charge in [0, 0.05) is 12.1 Å². The molecule has 2 atom stereocenters. The molecule has 0 saturated carbocycles. The zero-order valence-corrected chi connectivity index (χ0v) is 8.14. The van der Waals surface area contributed by atoms with Crippen molar-refractivity contribution in [1.29, 1.82) is 0 Å². The third kappa shape index (κ3) is 1.96. The molecule has 0 aromatic rings. The van der Waals surface area contributed by atoms with Gasteiger partial charge in [-0.25, -0.2) is 0 Å². The van der Waals surface area contributed by atoms with Crippen molar-refractivity contribution >= 4 is 0 Å². The minimum atomic E-state index is 0.808. The third-order valence-electron chi connectivity index (χ3n) is 3.05. The molecule has 1 nitrogen and oxygen atoms in total. The minimum Gasteiger partial charge on any atom is -0.298 e. The first-order valence-electron chi connectivity index (χ1n) is 5.05. The van der Waals surface area contributed by atoms with Crippen LogP contribution in [0.3, 0.4) is 0 Å². The Balaban J connectivity index is 2.42. The maximum atomic E-state index is 2.68. The summed E-state index contributed by atoms with van der Waals surface area (Å²) < 4.78 is 0. The fourth-order valence-corrected chi connectivity index (χ4v) is 2.11. The Hall–Kier alpha value is -0.0400. The van der Waals surface area contributed by atoms with Crippen LogP contribution in [-0.4, -0.2) is 23.5 Å². The number of nitrogens with zero attached hydrogens (tertiary/aromatic N) is 1. The summed E-state index contributed by atoms with van der Waals surface area (Å²) in [6, 6.07) is 1.70. The molecule has 1 aliphatic heterocycles. The summed E-state index contributed by atoms with van der Waals surface area (Å²) in [5, 5.41) is 0. The fourth-order valence-electron chi connectivity index (χ4n) is 2.11. The Kier molecular flexibility index (Phi) is 3.38. The highest BCUT2D eigenvalue weighted by Gasteiger charge is 2.25. The van der Waals surface area contributed by atoms with E-state index in [1.165, 1.54) is 32.2 Å².